The second-order valence-corrected chi connectivity index (χ2v) is 7.00. The van der Waals surface area contributed by atoms with E-state index in [0.717, 1.165) is 19.3 Å². The first kappa shape index (κ1) is 11.0. The van der Waals surface area contributed by atoms with Gasteiger partial charge in [-0.05, 0) is 57.3 Å². The van der Waals surface area contributed by atoms with Gasteiger partial charge in [-0.15, -0.1) is 0 Å². The summed E-state index contributed by atoms with van der Waals surface area (Å²) >= 11 is 0. The van der Waals surface area contributed by atoms with Crippen LogP contribution in [-0.2, 0) is 4.74 Å². The van der Waals surface area contributed by atoms with Crippen LogP contribution in [0.15, 0.2) is 0 Å². The molecule has 0 radical (unpaired) electrons. The Labute approximate surface area is 98.4 Å². The molecule has 0 amide bonds. The first-order valence-corrected chi connectivity index (χ1v) is 6.78. The van der Waals surface area contributed by atoms with Gasteiger partial charge < -0.3 is 9.84 Å². The minimum atomic E-state index is -0.240. The van der Waals surface area contributed by atoms with Crippen LogP contribution in [0.3, 0.4) is 0 Å². The summed E-state index contributed by atoms with van der Waals surface area (Å²) in [6.07, 6.45) is 6.67. The van der Waals surface area contributed by atoms with Crippen LogP contribution >= 0.6 is 0 Å². The van der Waals surface area contributed by atoms with Gasteiger partial charge >= 0.3 is 0 Å². The summed E-state index contributed by atoms with van der Waals surface area (Å²) in [7, 11) is 0. The summed E-state index contributed by atoms with van der Waals surface area (Å²) in [6.45, 7) is 6.76. The lowest BCUT2D eigenvalue weighted by molar-refractivity contribution is -0.218. The van der Waals surface area contributed by atoms with Crippen molar-refractivity contribution in [1.29, 1.82) is 0 Å². The quantitative estimate of drug-likeness (QED) is 0.685. The molecule has 2 nitrogen and oxygen atoms in total. The number of rotatable bonds is 0. The average molecular weight is 224 g/mol. The minimum absolute atomic E-state index is 0.0317. The van der Waals surface area contributed by atoms with Gasteiger partial charge in [0.05, 0.1) is 11.7 Å². The van der Waals surface area contributed by atoms with Gasteiger partial charge in [-0.3, -0.25) is 0 Å². The predicted molar refractivity (Wildman–Crippen MR) is 63.2 cm³/mol. The Morgan fingerprint density at radius 3 is 2.62 bits per heavy atom. The molecular formula is C14H24O2. The van der Waals surface area contributed by atoms with Gasteiger partial charge in [0.1, 0.15) is 5.60 Å². The smallest absolute Gasteiger partial charge is 0.100 e. The van der Waals surface area contributed by atoms with Crippen molar-refractivity contribution in [2.45, 2.75) is 76.6 Å². The molecule has 2 aliphatic carbocycles. The van der Waals surface area contributed by atoms with Crippen molar-refractivity contribution in [1.82, 2.24) is 0 Å². The fourth-order valence-corrected chi connectivity index (χ4v) is 4.59. The summed E-state index contributed by atoms with van der Waals surface area (Å²) in [5.74, 6) is 0.647. The van der Waals surface area contributed by atoms with E-state index in [4.69, 9.17) is 4.74 Å². The fraction of sp³-hybridized carbons (Fsp3) is 1.00. The molecule has 2 saturated carbocycles. The first-order chi connectivity index (χ1) is 7.40. The van der Waals surface area contributed by atoms with Crippen LogP contribution in [-0.4, -0.2) is 22.4 Å². The molecule has 1 aliphatic heterocycles. The van der Waals surface area contributed by atoms with Gasteiger partial charge in [-0.25, -0.2) is 0 Å². The molecular weight excluding hydrogens is 200 g/mol. The third-order valence-corrected chi connectivity index (χ3v) is 5.79. The van der Waals surface area contributed by atoms with E-state index >= 15 is 0 Å². The van der Waals surface area contributed by atoms with Crippen molar-refractivity contribution >= 4 is 0 Å². The van der Waals surface area contributed by atoms with E-state index in [2.05, 4.69) is 20.8 Å². The highest BCUT2D eigenvalue weighted by atomic mass is 16.5. The molecule has 4 atom stereocenters. The summed E-state index contributed by atoms with van der Waals surface area (Å²) in [4.78, 5) is 0. The van der Waals surface area contributed by atoms with Crippen LogP contribution in [0.1, 0.15) is 59.3 Å². The van der Waals surface area contributed by atoms with Crippen LogP contribution in [0.4, 0.5) is 0 Å². The predicted octanol–water partition coefficient (Wildman–Crippen LogP) is 2.89. The molecule has 3 fully saturated rings. The zero-order valence-electron chi connectivity index (χ0n) is 10.8. The third-order valence-electron chi connectivity index (χ3n) is 5.79. The lowest BCUT2D eigenvalue weighted by Gasteiger charge is -2.54. The van der Waals surface area contributed by atoms with Gasteiger partial charge in [0.25, 0.3) is 0 Å². The molecule has 0 aromatic heterocycles. The van der Waals surface area contributed by atoms with E-state index in [1.54, 1.807) is 0 Å². The summed E-state index contributed by atoms with van der Waals surface area (Å²) in [6, 6.07) is 0. The standard InChI is InChI=1S/C14H24O2/c1-12(2)10-6-8-13(3)7-4-5-11(15)14(13,9-10)16-12/h10-11,15H,4-9H2,1-3H3/t10-,11-,13+,14+/m1/s1. The number of aliphatic hydroxyl groups is 1. The van der Waals surface area contributed by atoms with E-state index in [0.29, 0.717) is 5.92 Å². The first-order valence-electron chi connectivity index (χ1n) is 6.78. The topological polar surface area (TPSA) is 29.5 Å². The zero-order valence-corrected chi connectivity index (χ0v) is 10.8. The van der Waals surface area contributed by atoms with Crippen LogP contribution in [0.2, 0.25) is 0 Å². The molecule has 0 aromatic carbocycles. The van der Waals surface area contributed by atoms with Crippen LogP contribution < -0.4 is 0 Å². The van der Waals surface area contributed by atoms with E-state index in [9.17, 15) is 5.11 Å². The molecule has 2 heteroatoms. The SMILES string of the molecule is CC1(C)O[C@]23C[C@H]1CC[C@]2(C)CCC[C@H]3O. The van der Waals surface area contributed by atoms with E-state index < -0.39 is 0 Å². The number of aliphatic hydroxyl groups excluding tert-OH is 1. The number of ether oxygens (including phenoxy) is 1. The fourth-order valence-electron chi connectivity index (χ4n) is 4.59. The normalized spacial score (nSPS) is 54.8. The molecule has 1 spiro atoms. The van der Waals surface area contributed by atoms with E-state index in [1.165, 1.54) is 19.3 Å². The van der Waals surface area contributed by atoms with E-state index in [1.807, 2.05) is 0 Å². The molecule has 16 heavy (non-hydrogen) atoms. The maximum Gasteiger partial charge on any atom is 0.100 e. The van der Waals surface area contributed by atoms with Crippen LogP contribution in [0.25, 0.3) is 0 Å². The van der Waals surface area contributed by atoms with Crippen LogP contribution in [0.5, 0.6) is 0 Å². The molecule has 1 saturated heterocycles. The Morgan fingerprint density at radius 2 is 1.88 bits per heavy atom. The largest absolute Gasteiger partial charge is 0.390 e. The molecule has 3 aliphatic rings. The summed E-state index contributed by atoms with van der Waals surface area (Å²) in [5, 5.41) is 10.5. The second kappa shape index (κ2) is 3.02. The highest BCUT2D eigenvalue weighted by molar-refractivity contribution is 5.15. The number of hydrogen-bond acceptors (Lipinski definition) is 2. The Morgan fingerprint density at radius 1 is 1.12 bits per heavy atom. The highest BCUT2D eigenvalue weighted by Gasteiger charge is 2.66. The lowest BCUT2D eigenvalue weighted by atomic mass is 9.55. The minimum Gasteiger partial charge on any atom is -0.390 e. The maximum atomic E-state index is 10.5. The van der Waals surface area contributed by atoms with Crippen molar-refractivity contribution < 1.29 is 9.84 Å². The van der Waals surface area contributed by atoms with Gasteiger partial charge in [0, 0.05) is 0 Å². The van der Waals surface area contributed by atoms with Crippen LogP contribution in [0, 0.1) is 11.3 Å². The number of fused-ring (bicyclic) bond motifs is 1. The summed E-state index contributed by atoms with van der Waals surface area (Å²) in [5.41, 5.74) is -0.0390. The Hall–Kier alpha value is -0.0800. The Bertz CT molecular complexity index is 312. The molecule has 1 heterocycles. The second-order valence-electron chi connectivity index (χ2n) is 7.00. The highest BCUT2D eigenvalue weighted by Crippen LogP contribution is 2.63. The molecule has 0 aromatic rings. The molecule has 2 bridgehead atoms. The molecule has 3 rings (SSSR count). The molecule has 92 valence electrons. The average Bonchev–Trinajstić information content (AvgIpc) is 2.42. The maximum absolute atomic E-state index is 10.5. The Kier molecular flexibility index (Phi) is 2.09. The van der Waals surface area contributed by atoms with Crippen molar-refractivity contribution in [3.63, 3.8) is 0 Å². The van der Waals surface area contributed by atoms with Crippen molar-refractivity contribution in [3.8, 4) is 0 Å². The molecule has 0 unspecified atom stereocenters. The third kappa shape index (κ3) is 1.15. The Balaban J connectivity index is 2.04. The van der Waals surface area contributed by atoms with Gasteiger partial charge in [0.2, 0.25) is 0 Å². The number of hydrogen-bond donors (Lipinski definition) is 1. The van der Waals surface area contributed by atoms with Gasteiger partial charge in [-0.2, -0.15) is 0 Å². The van der Waals surface area contributed by atoms with Gasteiger partial charge in [-0.1, -0.05) is 13.3 Å². The van der Waals surface area contributed by atoms with Crippen molar-refractivity contribution in [3.05, 3.63) is 0 Å². The van der Waals surface area contributed by atoms with E-state index in [-0.39, 0.29) is 22.7 Å². The monoisotopic (exact) mass is 224 g/mol. The zero-order chi connectivity index (χ0) is 11.6. The molecule has 1 N–H and O–H groups in total. The van der Waals surface area contributed by atoms with Crippen molar-refractivity contribution in [2.75, 3.05) is 0 Å². The van der Waals surface area contributed by atoms with Gasteiger partial charge in [0.15, 0.2) is 0 Å². The van der Waals surface area contributed by atoms with Crippen molar-refractivity contribution in [2.24, 2.45) is 11.3 Å². The lowest BCUT2D eigenvalue weighted by Crippen LogP contribution is -2.58. The summed E-state index contributed by atoms with van der Waals surface area (Å²) < 4.78 is 6.43.